The SMILES string of the molecule is CC[C@@H]1CS(=O)(=O)N2Cc3ccccc3NC(=O)[C@H]12. The predicted octanol–water partition coefficient (Wildman–Crippen LogP) is 1.18. The maximum atomic E-state index is 12.3. The maximum absolute atomic E-state index is 12.3. The molecule has 0 aliphatic carbocycles. The molecule has 1 fully saturated rings. The zero-order valence-electron chi connectivity index (χ0n) is 10.7. The lowest BCUT2D eigenvalue weighted by Gasteiger charge is -2.21. The van der Waals surface area contributed by atoms with Gasteiger partial charge >= 0.3 is 0 Å². The van der Waals surface area contributed by atoms with Crippen LogP contribution in [0.1, 0.15) is 18.9 Å². The van der Waals surface area contributed by atoms with Gasteiger partial charge in [0.25, 0.3) is 0 Å². The summed E-state index contributed by atoms with van der Waals surface area (Å²) in [4.78, 5) is 12.3. The maximum Gasteiger partial charge on any atom is 0.243 e. The highest BCUT2D eigenvalue weighted by molar-refractivity contribution is 7.89. The summed E-state index contributed by atoms with van der Waals surface area (Å²) in [7, 11) is -3.33. The summed E-state index contributed by atoms with van der Waals surface area (Å²) < 4.78 is 25.8. The number of rotatable bonds is 1. The Morgan fingerprint density at radius 1 is 1.37 bits per heavy atom. The van der Waals surface area contributed by atoms with E-state index in [1.807, 2.05) is 31.2 Å². The van der Waals surface area contributed by atoms with Crippen LogP contribution in [-0.4, -0.2) is 30.4 Å². The molecule has 1 aromatic rings. The molecule has 1 aromatic carbocycles. The third-order valence-corrected chi connectivity index (χ3v) is 5.85. The van der Waals surface area contributed by atoms with Gasteiger partial charge in [0.2, 0.25) is 15.9 Å². The molecule has 0 saturated carbocycles. The molecule has 1 amide bonds. The molecular weight excluding hydrogens is 264 g/mol. The average Bonchev–Trinajstić information content (AvgIpc) is 2.53. The van der Waals surface area contributed by atoms with Crippen molar-refractivity contribution >= 4 is 21.6 Å². The second-order valence-corrected chi connectivity index (χ2v) is 7.05. The summed E-state index contributed by atoms with van der Waals surface area (Å²) in [5, 5.41) is 2.85. The fourth-order valence-corrected chi connectivity index (χ4v) is 5.00. The number of hydrogen-bond donors (Lipinski definition) is 1. The molecule has 0 aromatic heterocycles. The van der Waals surface area contributed by atoms with E-state index in [1.54, 1.807) is 0 Å². The highest BCUT2D eigenvalue weighted by Gasteiger charge is 2.49. The molecule has 2 aliphatic rings. The molecule has 2 aliphatic heterocycles. The number of para-hydroxylation sites is 1. The minimum absolute atomic E-state index is 0.0732. The standard InChI is InChI=1S/C13H16N2O3S/c1-2-9-8-19(17,18)15-7-10-5-3-4-6-11(10)14-13(16)12(9)15/h3-6,9,12H,2,7-8H2,1H3,(H,14,16)/t9-,12+/m1/s1. The molecule has 102 valence electrons. The van der Waals surface area contributed by atoms with Gasteiger partial charge in [-0.05, 0) is 17.5 Å². The van der Waals surface area contributed by atoms with Crippen molar-refractivity contribution in [1.82, 2.24) is 4.31 Å². The average molecular weight is 280 g/mol. The van der Waals surface area contributed by atoms with Crippen molar-refractivity contribution in [1.29, 1.82) is 0 Å². The van der Waals surface area contributed by atoms with Crippen molar-refractivity contribution in [2.45, 2.75) is 25.9 Å². The first-order chi connectivity index (χ1) is 9.03. The molecule has 19 heavy (non-hydrogen) atoms. The monoisotopic (exact) mass is 280 g/mol. The van der Waals surface area contributed by atoms with Gasteiger partial charge in [-0.15, -0.1) is 0 Å². The highest BCUT2D eigenvalue weighted by atomic mass is 32.2. The van der Waals surface area contributed by atoms with Crippen molar-refractivity contribution in [2.24, 2.45) is 5.92 Å². The van der Waals surface area contributed by atoms with Crippen molar-refractivity contribution in [3.63, 3.8) is 0 Å². The largest absolute Gasteiger partial charge is 0.324 e. The molecule has 0 radical (unpaired) electrons. The number of nitrogens with zero attached hydrogens (tertiary/aromatic N) is 1. The zero-order valence-corrected chi connectivity index (χ0v) is 11.5. The fraction of sp³-hybridized carbons (Fsp3) is 0.462. The smallest absolute Gasteiger partial charge is 0.243 e. The van der Waals surface area contributed by atoms with Crippen molar-refractivity contribution in [3.05, 3.63) is 29.8 Å². The Morgan fingerprint density at radius 2 is 2.11 bits per heavy atom. The van der Waals surface area contributed by atoms with E-state index in [2.05, 4.69) is 5.32 Å². The molecule has 1 N–H and O–H groups in total. The van der Waals surface area contributed by atoms with Gasteiger partial charge in [0.1, 0.15) is 6.04 Å². The van der Waals surface area contributed by atoms with E-state index in [0.29, 0.717) is 12.1 Å². The molecule has 6 heteroatoms. The molecule has 2 atom stereocenters. The first-order valence-electron chi connectivity index (χ1n) is 6.41. The van der Waals surface area contributed by atoms with Crippen LogP contribution in [0.3, 0.4) is 0 Å². The van der Waals surface area contributed by atoms with E-state index in [0.717, 1.165) is 5.56 Å². The fourth-order valence-electron chi connectivity index (χ4n) is 2.90. The second kappa shape index (κ2) is 4.31. The number of hydrogen-bond acceptors (Lipinski definition) is 3. The van der Waals surface area contributed by atoms with E-state index in [-0.39, 0.29) is 24.1 Å². The molecule has 0 unspecified atom stereocenters. The number of nitrogens with one attached hydrogen (secondary N) is 1. The third-order valence-electron chi connectivity index (χ3n) is 3.93. The number of amides is 1. The topological polar surface area (TPSA) is 66.5 Å². The second-order valence-electron chi connectivity index (χ2n) is 5.08. The summed E-state index contributed by atoms with van der Waals surface area (Å²) in [5.74, 6) is -0.263. The predicted molar refractivity (Wildman–Crippen MR) is 72.0 cm³/mol. The Hall–Kier alpha value is -1.40. The Balaban J connectivity index is 2.09. The molecule has 1 saturated heterocycles. The minimum atomic E-state index is -3.33. The molecule has 5 nitrogen and oxygen atoms in total. The van der Waals surface area contributed by atoms with Crippen LogP contribution in [0.4, 0.5) is 5.69 Å². The quantitative estimate of drug-likeness (QED) is 0.840. The van der Waals surface area contributed by atoms with Gasteiger partial charge in [0.05, 0.1) is 5.75 Å². The van der Waals surface area contributed by atoms with Gasteiger partial charge in [-0.2, -0.15) is 4.31 Å². The summed E-state index contributed by atoms with van der Waals surface area (Å²) in [6.07, 6.45) is 0.685. The van der Waals surface area contributed by atoms with Gasteiger partial charge in [-0.3, -0.25) is 4.79 Å². The van der Waals surface area contributed by atoms with Crippen LogP contribution >= 0.6 is 0 Å². The molecule has 2 heterocycles. The van der Waals surface area contributed by atoms with Gasteiger partial charge in [-0.25, -0.2) is 8.42 Å². The zero-order chi connectivity index (χ0) is 13.6. The van der Waals surface area contributed by atoms with Crippen LogP contribution in [0.5, 0.6) is 0 Å². The van der Waals surface area contributed by atoms with Crippen LogP contribution in [0.2, 0.25) is 0 Å². The van der Waals surface area contributed by atoms with E-state index in [4.69, 9.17) is 0 Å². The first kappa shape index (κ1) is 12.6. The molecule has 3 rings (SSSR count). The number of fused-ring (bicyclic) bond motifs is 2. The third kappa shape index (κ3) is 1.95. The summed E-state index contributed by atoms with van der Waals surface area (Å²) in [6.45, 7) is 2.20. The van der Waals surface area contributed by atoms with Gasteiger partial charge in [-0.1, -0.05) is 31.5 Å². The van der Waals surface area contributed by atoms with Crippen LogP contribution in [0, 0.1) is 5.92 Å². The Morgan fingerprint density at radius 3 is 2.84 bits per heavy atom. The Kier molecular flexibility index (Phi) is 2.87. The Bertz CT molecular complexity index is 627. The number of carbonyl (C=O) groups is 1. The molecular formula is C13H16N2O3S. The summed E-state index contributed by atoms with van der Waals surface area (Å²) >= 11 is 0. The first-order valence-corrected chi connectivity index (χ1v) is 8.02. The highest BCUT2D eigenvalue weighted by Crippen LogP contribution is 2.35. The van der Waals surface area contributed by atoms with Crippen LogP contribution in [0.25, 0.3) is 0 Å². The van der Waals surface area contributed by atoms with E-state index in [1.165, 1.54) is 4.31 Å². The number of benzene rings is 1. The normalized spacial score (nSPS) is 29.2. The Labute approximate surface area is 112 Å². The number of anilines is 1. The molecule has 0 spiro atoms. The van der Waals surface area contributed by atoms with E-state index < -0.39 is 16.1 Å². The summed E-state index contributed by atoms with van der Waals surface area (Å²) in [5.41, 5.74) is 1.56. The van der Waals surface area contributed by atoms with Crippen LogP contribution < -0.4 is 5.32 Å². The van der Waals surface area contributed by atoms with Crippen molar-refractivity contribution < 1.29 is 13.2 Å². The number of sulfonamides is 1. The minimum Gasteiger partial charge on any atom is -0.324 e. The van der Waals surface area contributed by atoms with Gasteiger partial charge in [0.15, 0.2) is 0 Å². The van der Waals surface area contributed by atoms with E-state index in [9.17, 15) is 13.2 Å². The number of carbonyl (C=O) groups excluding carboxylic acids is 1. The lowest BCUT2D eigenvalue weighted by Crippen LogP contribution is -2.41. The van der Waals surface area contributed by atoms with Crippen LogP contribution in [0.15, 0.2) is 24.3 Å². The van der Waals surface area contributed by atoms with Gasteiger partial charge in [0, 0.05) is 12.2 Å². The van der Waals surface area contributed by atoms with Crippen molar-refractivity contribution in [2.75, 3.05) is 11.1 Å². The van der Waals surface area contributed by atoms with Crippen LogP contribution in [-0.2, 0) is 21.4 Å². The summed E-state index contributed by atoms with van der Waals surface area (Å²) in [6, 6.07) is 6.78. The van der Waals surface area contributed by atoms with Crippen molar-refractivity contribution in [3.8, 4) is 0 Å². The molecule has 0 bridgehead atoms. The van der Waals surface area contributed by atoms with Gasteiger partial charge < -0.3 is 5.32 Å². The van der Waals surface area contributed by atoms with E-state index >= 15 is 0 Å². The lowest BCUT2D eigenvalue weighted by molar-refractivity contribution is -0.120. The lowest BCUT2D eigenvalue weighted by atomic mass is 9.98.